The number of hydrogen-bond acceptors (Lipinski definition) is 20. The molecule has 9 rings (SSSR count). The SMILES string of the molecule is C.C.C.C.C.C.C.C#CCNC(=O)C(C)C.C=C(NCC(C)(C)C)C(C)C.C=C(NCCCN(C)C)C(C)C.CC(C)C(=O)N(C)C1CCN(C)CC1.CC(C)C(=O)NC1CCC(N2CCN(CC3CC3)CC2)CC1.CC(C)C(=O)NC1CCC(N2CCOCC2)CC1.CC(C)C(=O)NCCN1CCN(C)CC1.COCCN1CCC(NC(=O)C(C)C)CC1.Cc1nccn1CCCC(=O)C(C)C. The van der Waals surface area contributed by atoms with Crippen LogP contribution in [0.1, 0.15) is 312 Å². The summed E-state index contributed by atoms with van der Waals surface area (Å²) in [6, 6.07) is 3.12. The monoisotopic (exact) mass is 1960 g/mol. The standard InChI is InChI=1S/C18H33N3O.C14H26N2O2.C12H24N2O2.C11H23N3O.C11H22N2O.C11H18N2O.C10H22N2.C10H21N.C7H11NO.7CH4/c1-14(2)18(22)19-16-5-7-17(8-6-16)21-11-9-20(10-12-21)13-15-3-4-15;1-11(2)14(17)15-12-3-5-13(6-4-12)16-7-9-18-10-8-16;1-10(2)12(15)13-11-4-6-14(7-5-11)8-9-16-3;1-10(2)11(15)12-4-5-14-8-6-13(3)7-9-14;1-9(2)11(14)13(4)10-5-7-12(3)8-6-10;1-9(2)11(14)5-4-7-13-8-6-12-10(13)3;1-9(2)10(3)11-7-6-8-12(4)5;1-8(2)9(3)11-7-10(4,5)6;1-4-5-8-7(9)6(2)3;;;;;;;/h14-17H,3-13H2,1-2H3,(H,19,22);11-13H,3-10H2,1-2H3,(H,15,17);10-11H,4-9H2,1-3H3,(H,13,15);10H,4-9H2,1-3H3,(H,12,15);9-10H,5-8H2,1-4H3;6,8-9H,4-5,7H2,1-3H3;9,11H,3,6-8H2,1-2,4-5H3;8,11H,3,7H2,1-2,4-6H3;1,6H,5H2,2-3H3,(H,8,9);7*1H4. The molecule has 5 saturated heterocycles. The van der Waals surface area contributed by atoms with Gasteiger partial charge >= 0.3 is 0 Å². The van der Waals surface area contributed by atoms with Crippen molar-refractivity contribution in [3.63, 3.8) is 0 Å². The predicted octanol–water partition coefficient (Wildman–Crippen LogP) is 17.1. The summed E-state index contributed by atoms with van der Waals surface area (Å²) in [4.78, 5) is 106. The van der Waals surface area contributed by atoms with E-state index in [1.54, 1.807) is 13.3 Å². The molecule has 8 aliphatic rings. The quantitative estimate of drug-likeness (QED) is 0.0246. The molecule has 138 heavy (non-hydrogen) atoms. The number of amides is 6. The Labute approximate surface area is 852 Å². The number of methoxy groups -OCH3 is 1. The van der Waals surface area contributed by atoms with Crippen LogP contribution in [0.4, 0.5) is 0 Å². The molecule has 27 heteroatoms. The Hall–Kier alpha value is -6.06. The van der Waals surface area contributed by atoms with Gasteiger partial charge in [-0.2, -0.15) is 0 Å². The van der Waals surface area contributed by atoms with Crippen LogP contribution in [0.15, 0.2) is 36.9 Å². The first-order valence-corrected chi connectivity index (χ1v) is 50.9. The number of Topliss-reactive ketones (excluding diaryl/α,β-unsaturated/α-hetero) is 1. The lowest BCUT2D eigenvalue weighted by Gasteiger charge is -2.42. The van der Waals surface area contributed by atoms with Crippen LogP contribution in [0.5, 0.6) is 0 Å². The molecule has 3 saturated carbocycles. The third-order valence-electron chi connectivity index (χ3n) is 25.5. The molecule has 0 unspecified atom stereocenters. The van der Waals surface area contributed by atoms with Crippen LogP contribution >= 0.6 is 0 Å². The van der Waals surface area contributed by atoms with Gasteiger partial charge in [0.05, 0.1) is 26.4 Å². The van der Waals surface area contributed by atoms with E-state index in [9.17, 15) is 33.6 Å². The summed E-state index contributed by atoms with van der Waals surface area (Å²) in [6.45, 7) is 79.3. The second-order valence-corrected chi connectivity index (χ2v) is 42.1. The lowest BCUT2D eigenvalue weighted by atomic mass is 9.89. The molecule has 7 N–H and O–H groups in total. The van der Waals surface area contributed by atoms with Gasteiger partial charge in [-0.05, 0) is 181 Å². The summed E-state index contributed by atoms with van der Waals surface area (Å²) >= 11 is 0. The van der Waals surface area contributed by atoms with E-state index >= 15 is 0 Å². The number of aromatic nitrogens is 2. The van der Waals surface area contributed by atoms with Crippen LogP contribution in [-0.4, -0.2) is 337 Å². The van der Waals surface area contributed by atoms with Gasteiger partial charge in [0.1, 0.15) is 11.6 Å². The summed E-state index contributed by atoms with van der Waals surface area (Å²) in [5.41, 5.74) is 2.63. The number of likely N-dealkylation sites (N-methyl/N-ethyl adjacent to an activating group) is 1. The van der Waals surface area contributed by atoms with Crippen molar-refractivity contribution in [1.29, 1.82) is 0 Å². The minimum atomic E-state index is 0. The molecule has 5 aliphatic heterocycles. The molecule has 1 aromatic rings. The molecule has 6 amide bonds. The molecule has 8 fully saturated rings. The number of morpholine rings is 1. The highest BCUT2D eigenvalue weighted by atomic mass is 16.5. The van der Waals surface area contributed by atoms with Gasteiger partial charge in [0.15, 0.2) is 0 Å². The Morgan fingerprint density at radius 1 is 0.478 bits per heavy atom. The smallest absolute Gasteiger partial charge is 0.225 e. The van der Waals surface area contributed by atoms with Crippen molar-refractivity contribution < 1.29 is 43.0 Å². The summed E-state index contributed by atoms with van der Waals surface area (Å²) in [7, 11) is 12.2. The van der Waals surface area contributed by atoms with E-state index in [1.165, 1.54) is 77.7 Å². The number of piperazine rings is 2. The topological polar surface area (TPSA) is 269 Å². The first-order chi connectivity index (χ1) is 61.7. The van der Waals surface area contributed by atoms with Crippen molar-refractivity contribution in [3.8, 4) is 12.3 Å². The van der Waals surface area contributed by atoms with Crippen LogP contribution in [0, 0.1) is 83.9 Å². The van der Waals surface area contributed by atoms with Crippen LogP contribution in [-0.2, 0) is 49.6 Å². The summed E-state index contributed by atoms with van der Waals surface area (Å²) in [6.07, 6.45) is 28.2. The number of carbonyl (C=O) groups excluding carboxylic acids is 7. The van der Waals surface area contributed by atoms with E-state index in [4.69, 9.17) is 15.9 Å². The van der Waals surface area contributed by atoms with Crippen molar-refractivity contribution in [3.05, 3.63) is 42.8 Å². The maximum absolute atomic E-state index is 11.8. The normalized spacial score (nSPS) is 18.9. The summed E-state index contributed by atoms with van der Waals surface area (Å²) in [5, 5.41) is 21.6. The number of carbonyl (C=O) groups is 7. The number of likely N-dealkylation sites (tertiary alicyclic amines) is 2. The van der Waals surface area contributed by atoms with Crippen LogP contribution in [0.3, 0.4) is 0 Å². The molecule has 1 aromatic heterocycles. The number of rotatable bonds is 35. The highest BCUT2D eigenvalue weighted by molar-refractivity contribution is 5.81. The number of allylic oxidation sites excluding steroid dienone is 2. The van der Waals surface area contributed by atoms with E-state index in [-0.39, 0.29) is 129 Å². The van der Waals surface area contributed by atoms with Gasteiger partial charge in [0.25, 0.3) is 0 Å². The average molecular weight is 1960 g/mol. The van der Waals surface area contributed by atoms with Crippen LogP contribution in [0.2, 0.25) is 0 Å². The van der Waals surface area contributed by atoms with E-state index in [2.05, 4.69) is 182 Å². The molecule has 0 bridgehead atoms. The number of imidazole rings is 1. The van der Waals surface area contributed by atoms with E-state index < -0.39 is 0 Å². The van der Waals surface area contributed by atoms with Gasteiger partial charge < -0.3 is 80.7 Å². The lowest BCUT2D eigenvalue weighted by molar-refractivity contribution is -0.136. The lowest BCUT2D eigenvalue weighted by Crippen LogP contribution is -2.52. The molecule has 6 heterocycles. The van der Waals surface area contributed by atoms with Gasteiger partial charge in [-0.1, -0.05) is 216 Å². The number of hydrogen-bond donors (Lipinski definition) is 7. The number of piperidine rings is 2. The highest BCUT2D eigenvalue weighted by Gasteiger charge is 2.33. The maximum Gasteiger partial charge on any atom is 0.225 e. The third kappa shape index (κ3) is 69.8. The first kappa shape index (κ1) is 145. The molecule has 0 spiro atoms. The second-order valence-electron chi connectivity index (χ2n) is 42.1. The van der Waals surface area contributed by atoms with Crippen LogP contribution < -0.4 is 37.2 Å². The molecular weight excluding hydrogens is 1730 g/mol. The van der Waals surface area contributed by atoms with Crippen molar-refractivity contribution in [2.45, 2.75) is 356 Å². The number of ether oxygens (including phenoxy) is 2. The van der Waals surface area contributed by atoms with E-state index in [0.717, 1.165) is 218 Å². The Balaban J connectivity index is -0.000000281. The molecule has 0 aromatic carbocycles. The number of nitrogens with zero attached hydrogens (tertiary/aromatic N) is 11. The predicted molar refractivity (Wildman–Crippen MR) is 592 cm³/mol. The van der Waals surface area contributed by atoms with Crippen LogP contribution in [0.25, 0.3) is 0 Å². The molecule has 816 valence electrons. The van der Waals surface area contributed by atoms with Crippen molar-refractivity contribution in [1.82, 2.24) is 90.9 Å². The van der Waals surface area contributed by atoms with E-state index in [0.29, 0.717) is 66.2 Å². The maximum atomic E-state index is 11.8. The van der Waals surface area contributed by atoms with Gasteiger partial charge in [-0.3, -0.25) is 48.3 Å². The number of terminal acetylenes is 1. The van der Waals surface area contributed by atoms with Gasteiger partial charge in [0, 0.05) is 246 Å². The van der Waals surface area contributed by atoms with Crippen molar-refractivity contribution in [2.75, 3.05) is 206 Å². The molecule has 27 nitrogen and oxygen atoms in total. The minimum absolute atomic E-state index is 0. The number of ketones is 1. The zero-order valence-electron chi connectivity index (χ0n) is 88.9. The first-order valence-electron chi connectivity index (χ1n) is 50.9. The number of nitrogens with one attached hydrogen (secondary N) is 7. The minimum Gasteiger partial charge on any atom is -0.389 e. The summed E-state index contributed by atoms with van der Waals surface area (Å²) < 4.78 is 12.5. The van der Waals surface area contributed by atoms with Gasteiger partial charge in [-0.25, -0.2) is 4.98 Å². The van der Waals surface area contributed by atoms with E-state index in [1.807, 2.05) is 122 Å². The zero-order valence-corrected chi connectivity index (χ0v) is 88.9. The van der Waals surface area contributed by atoms with Gasteiger partial charge in [0.2, 0.25) is 35.4 Å². The highest BCUT2D eigenvalue weighted by Crippen LogP contribution is 2.31. The fourth-order valence-electron chi connectivity index (χ4n) is 15.4. The molecular formula is C111H228N18O9. The Morgan fingerprint density at radius 2 is 0.899 bits per heavy atom. The second kappa shape index (κ2) is 82.3. The average Bonchev–Trinajstić information content (AvgIpc) is 1.42. The van der Waals surface area contributed by atoms with Crippen molar-refractivity contribution in [2.24, 2.45) is 64.6 Å². The number of aryl methyl sites for hydroxylation is 2. The Morgan fingerprint density at radius 3 is 1.29 bits per heavy atom. The molecule has 3 aliphatic carbocycles. The fraction of sp³-hybridized carbons (Fsp3) is 0.856. The molecule has 0 radical (unpaired) electrons. The third-order valence-corrected chi connectivity index (χ3v) is 25.5. The fourth-order valence-corrected chi connectivity index (χ4v) is 15.4. The van der Waals surface area contributed by atoms with Crippen molar-refractivity contribution >= 4 is 41.2 Å². The Kier molecular flexibility index (Phi) is 86.4. The largest absolute Gasteiger partial charge is 0.389 e. The Bertz CT molecular complexity index is 3260. The van der Waals surface area contributed by atoms with Gasteiger partial charge in [-0.15, -0.1) is 6.42 Å². The zero-order chi connectivity index (χ0) is 98.9. The summed E-state index contributed by atoms with van der Waals surface area (Å²) in [5.74, 6) is 7.54. The molecule has 0 atom stereocenters.